The molecule has 0 fully saturated rings. The second-order valence-electron chi connectivity index (χ2n) is 3.36. The normalized spacial score (nSPS) is 10.3. The molecule has 0 aromatic heterocycles. The van der Waals surface area contributed by atoms with Crippen LogP contribution in [0.3, 0.4) is 0 Å². The number of hydrogen-bond donors (Lipinski definition) is 1. The van der Waals surface area contributed by atoms with E-state index in [1.54, 1.807) is 18.2 Å². The number of nitrogen functional groups attached to an aromatic ring is 1. The quantitative estimate of drug-likeness (QED) is 0.816. The summed E-state index contributed by atoms with van der Waals surface area (Å²) in [5, 5.41) is 0.664. The molecule has 0 unspecified atom stereocenters. The van der Waals surface area contributed by atoms with Crippen LogP contribution < -0.4 is 10.5 Å². The zero-order valence-corrected chi connectivity index (χ0v) is 10.1. The second-order valence-corrected chi connectivity index (χ2v) is 4.20. The van der Waals surface area contributed by atoms with E-state index in [0.717, 1.165) is 6.07 Å². The molecule has 88 valence electrons. The SMILES string of the molecule is Nc1ccc(Cl)cc1Oc1ccc(F)cc1Cl. The summed E-state index contributed by atoms with van der Waals surface area (Å²) in [6, 6.07) is 8.68. The molecule has 17 heavy (non-hydrogen) atoms. The smallest absolute Gasteiger partial charge is 0.151 e. The van der Waals surface area contributed by atoms with Crippen molar-refractivity contribution >= 4 is 28.9 Å². The zero-order valence-electron chi connectivity index (χ0n) is 8.58. The molecule has 0 bridgehead atoms. The molecular weight excluding hydrogens is 264 g/mol. The highest BCUT2D eigenvalue weighted by atomic mass is 35.5. The van der Waals surface area contributed by atoms with Crippen LogP contribution in [-0.2, 0) is 0 Å². The van der Waals surface area contributed by atoms with Crippen molar-refractivity contribution in [1.29, 1.82) is 0 Å². The summed E-state index contributed by atoms with van der Waals surface area (Å²) >= 11 is 11.7. The number of ether oxygens (including phenoxy) is 1. The van der Waals surface area contributed by atoms with Crippen molar-refractivity contribution in [2.75, 3.05) is 5.73 Å². The van der Waals surface area contributed by atoms with Gasteiger partial charge >= 0.3 is 0 Å². The summed E-state index contributed by atoms with van der Waals surface area (Å²) < 4.78 is 18.3. The number of hydrogen-bond acceptors (Lipinski definition) is 2. The first-order valence-electron chi connectivity index (χ1n) is 4.74. The first kappa shape index (κ1) is 12.0. The van der Waals surface area contributed by atoms with Gasteiger partial charge in [-0.25, -0.2) is 4.39 Å². The average Bonchev–Trinajstić information content (AvgIpc) is 2.27. The Morgan fingerprint density at radius 2 is 1.76 bits per heavy atom. The molecule has 0 amide bonds. The molecule has 2 N–H and O–H groups in total. The Morgan fingerprint density at radius 1 is 1.00 bits per heavy atom. The monoisotopic (exact) mass is 271 g/mol. The maximum absolute atomic E-state index is 12.8. The van der Waals surface area contributed by atoms with Gasteiger partial charge in [0.25, 0.3) is 0 Å². The lowest BCUT2D eigenvalue weighted by atomic mass is 10.3. The Balaban J connectivity index is 2.34. The van der Waals surface area contributed by atoms with Gasteiger partial charge in [-0.05, 0) is 30.3 Å². The summed E-state index contributed by atoms with van der Waals surface area (Å²) in [6.07, 6.45) is 0. The van der Waals surface area contributed by atoms with Crippen molar-refractivity contribution in [2.45, 2.75) is 0 Å². The highest BCUT2D eigenvalue weighted by Crippen LogP contribution is 2.34. The van der Waals surface area contributed by atoms with E-state index in [9.17, 15) is 4.39 Å². The molecule has 2 aromatic rings. The molecule has 0 atom stereocenters. The maximum atomic E-state index is 12.8. The molecular formula is C12H8Cl2FNO. The van der Waals surface area contributed by atoms with Crippen molar-refractivity contribution in [3.63, 3.8) is 0 Å². The summed E-state index contributed by atoms with van der Waals surface area (Å²) in [7, 11) is 0. The Hall–Kier alpha value is -1.45. The van der Waals surface area contributed by atoms with Gasteiger partial charge < -0.3 is 10.5 Å². The van der Waals surface area contributed by atoms with Crippen LogP contribution in [0.1, 0.15) is 0 Å². The predicted molar refractivity (Wildman–Crippen MR) is 67.3 cm³/mol. The summed E-state index contributed by atoms with van der Waals surface area (Å²) in [5.74, 6) is 0.273. The van der Waals surface area contributed by atoms with Crippen molar-refractivity contribution in [3.05, 3.63) is 52.3 Å². The summed E-state index contributed by atoms with van der Waals surface area (Å²) in [5.41, 5.74) is 6.14. The van der Waals surface area contributed by atoms with Crippen LogP contribution in [0.25, 0.3) is 0 Å². The molecule has 0 heterocycles. The molecule has 0 saturated heterocycles. The highest BCUT2D eigenvalue weighted by molar-refractivity contribution is 6.32. The van der Waals surface area contributed by atoms with Crippen LogP contribution in [0.4, 0.5) is 10.1 Å². The lowest BCUT2D eigenvalue weighted by Crippen LogP contribution is -1.92. The van der Waals surface area contributed by atoms with Crippen LogP contribution in [0.15, 0.2) is 36.4 Å². The lowest BCUT2D eigenvalue weighted by molar-refractivity contribution is 0.483. The number of halogens is 3. The van der Waals surface area contributed by atoms with E-state index in [4.69, 9.17) is 33.7 Å². The largest absolute Gasteiger partial charge is 0.454 e. The molecule has 0 saturated carbocycles. The van der Waals surface area contributed by atoms with Crippen LogP contribution in [0.2, 0.25) is 10.0 Å². The zero-order chi connectivity index (χ0) is 12.4. The lowest BCUT2D eigenvalue weighted by Gasteiger charge is -2.10. The van der Waals surface area contributed by atoms with E-state index in [0.29, 0.717) is 22.2 Å². The third kappa shape index (κ3) is 2.81. The highest BCUT2D eigenvalue weighted by Gasteiger charge is 2.07. The van der Waals surface area contributed by atoms with E-state index in [1.165, 1.54) is 12.1 Å². The number of benzene rings is 2. The number of nitrogens with two attached hydrogens (primary N) is 1. The Bertz CT molecular complexity index is 560. The van der Waals surface area contributed by atoms with Crippen LogP contribution in [-0.4, -0.2) is 0 Å². The molecule has 0 radical (unpaired) electrons. The van der Waals surface area contributed by atoms with Crippen LogP contribution in [0, 0.1) is 5.82 Å². The van der Waals surface area contributed by atoms with Gasteiger partial charge in [0.15, 0.2) is 5.75 Å². The van der Waals surface area contributed by atoms with Gasteiger partial charge in [0.2, 0.25) is 0 Å². The molecule has 0 spiro atoms. The second kappa shape index (κ2) is 4.82. The van der Waals surface area contributed by atoms with E-state index < -0.39 is 5.82 Å². The van der Waals surface area contributed by atoms with Crippen LogP contribution >= 0.6 is 23.2 Å². The van der Waals surface area contributed by atoms with E-state index >= 15 is 0 Å². The van der Waals surface area contributed by atoms with Gasteiger partial charge in [0.1, 0.15) is 11.6 Å². The fraction of sp³-hybridized carbons (Fsp3) is 0. The minimum absolute atomic E-state index is 0.171. The van der Waals surface area contributed by atoms with Crippen molar-refractivity contribution < 1.29 is 9.13 Å². The number of rotatable bonds is 2. The number of anilines is 1. The average molecular weight is 272 g/mol. The van der Waals surface area contributed by atoms with Crippen LogP contribution in [0.5, 0.6) is 11.5 Å². The molecule has 0 aliphatic carbocycles. The van der Waals surface area contributed by atoms with Crippen molar-refractivity contribution in [1.82, 2.24) is 0 Å². The van der Waals surface area contributed by atoms with Gasteiger partial charge in [-0.15, -0.1) is 0 Å². The van der Waals surface area contributed by atoms with E-state index in [2.05, 4.69) is 0 Å². The Labute approximate surface area is 108 Å². The maximum Gasteiger partial charge on any atom is 0.151 e. The van der Waals surface area contributed by atoms with Gasteiger partial charge in [0.05, 0.1) is 10.7 Å². The Morgan fingerprint density at radius 3 is 2.47 bits per heavy atom. The first-order chi connectivity index (χ1) is 8.06. The molecule has 2 nitrogen and oxygen atoms in total. The van der Waals surface area contributed by atoms with Gasteiger partial charge in [-0.3, -0.25) is 0 Å². The molecule has 2 rings (SSSR count). The first-order valence-corrected chi connectivity index (χ1v) is 5.50. The predicted octanol–water partition coefficient (Wildman–Crippen LogP) is 4.51. The topological polar surface area (TPSA) is 35.2 Å². The third-order valence-corrected chi connectivity index (χ3v) is 2.62. The summed E-state index contributed by atoms with van der Waals surface area (Å²) in [6.45, 7) is 0. The van der Waals surface area contributed by atoms with Crippen molar-refractivity contribution in [2.24, 2.45) is 0 Å². The van der Waals surface area contributed by atoms with Gasteiger partial charge in [0, 0.05) is 11.1 Å². The fourth-order valence-electron chi connectivity index (χ4n) is 1.27. The molecule has 2 aromatic carbocycles. The van der Waals surface area contributed by atoms with Gasteiger partial charge in [-0.1, -0.05) is 23.2 Å². The molecule has 0 aliphatic heterocycles. The molecule has 0 aliphatic rings. The fourth-order valence-corrected chi connectivity index (χ4v) is 1.64. The molecule has 5 heteroatoms. The Kier molecular flexibility index (Phi) is 3.41. The standard InChI is InChI=1S/C12H8Cl2FNO/c13-7-1-3-10(16)12(5-7)17-11-4-2-8(15)6-9(11)14/h1-6H,16H2. The van der Waals surface area contributed by atoms with E-state index in [1.807, 2.05) is 0 Å². The van der Waals surface area contributed by atoms with Crippen molar-refractivity contribution in [3.8, 4) is 11.5 Å². The summed E-state index contributed by atoms with van der Waals surface area (Å²) in [4.78, 5) is 0. The van der Waals surface area contributed by atoms with E-state index in [-0.39, 0.29) is 5.02 Å². The minimum atomic E-state index is -0.429. The third-order valence-electron chi connectivity index (χ3n) is 2.09. The van der Waals surface area contributed by atoms with Gasteiger partial charge in [-0.2, -0.15) is 0 Å². The minimum Gasteiger partial charge on any atom is -0.454 e.